The van der Waals surface area contributed by atoms with Crippen molar-refractivity contribution in [2.45, 2.75) is 12.7 Å². The molecule has 27 heavy (non-hydrogen) atoms. The molecular weight excluding hydrogens is 388 g/mol. The van der Waals surface area contributed by atoms with E-state index in [0.717, 1.165) is 5.75 Å². The Morgan fingerprint density at radius 1 is 1.19 bits per heavy atom. The molecule has 2 N–H and O–H groups in total. The van der Waals surface area contributed by atoms with Crippen LogP contribution in [0.15, 0.2) is 35.7 Å². The van der Waals surface area contributed by atoms with Crippen LogP contribution in [0.2, 0.25) is 0 Å². The quantitative estimate of drug-likeness (QED) is 0.619. The Labute approximate surface area is 165 Å². The number of thioether (sulfide) groups is 1. The van der Waals surface area contributed by atoms with Gasteiger partial charge < -0.3 is 20.1 Å². The van der Waals surface area contributed by atoms with Crippen molar-refractivity contribution < 1.29 is 23.9 Å². The molecule has 2 amide bonds. The molecule has 9 heteroatoms. The third-order valence-corrected chi connectivity index (χ3v) is 5.22. The van der Waals surface area contributed by atoms with Crippen molar-refractivity contribution in [3.05, 3.63) is 40.6 Å². The van der Waals surface area contributed by atoms with Crippen LogP contribution in [0.1, 0.15) is 11.8 Å². The number of hydrogen-bond donors (Lipinski definition) is 2. The second kappa shape index (κ2) is 10.6. The van der Waals surface area contributed by atoms with Gasteiger partial charge in [-0.05, 0) is 29.6 Å². The maximum absolute atomic E-state index is 12.0. The summed E-state index contributed by atoms with van der Waals surface area (Å²) in [5, 5.41) is 7.21. The fourth-order valence-corrected chi connectivity index (χ4v) is 3.75. The highest BCUT2D eigenvalue weighted by Crippen LogP contribution is 2.27. The number of benzene rings is 1. The smallest absolute Gasteiger partial charge is 0.316 e. The molecule has 0 radical (unpaired) electrons. The lowest BCUT2D eigenvalue weighted by molar-refractivity contribution is -0.144. The zero-order valence-electron chi connectivity index (χ0n) is 14.9. The van der Waals surface area contributed by atoms with Gasteiger partial charge in [0, 0.05) is 23.2 Å². The first kappa shape index (κ1) is 20.8. The molecule has 0 unspecified atom stereocenters. The minimum absolute atomic E-state index is 0.173. The summed E-state index contributed by atoms with van der Waals surface area (Å²) in [6.07, 6.45) is 0. The maximum Gasteiger partial charge on any atom is 0.316 e. The second-order valence-electron chi connectivity index (χ2n) is 5.38. The Balaban J connectivity index is 1.80. The average molecular weight is 409 g/mol. The molecule has 0 aliphatic heterocycles. The minimum atomic E-state index is -0.495. The summed E-state index contributed by atoms with van der Waals surface area (Å²) >= 11 is 3.06. The summed E-state index contributed by atoms with van der Waals surface area (Å²) in [5.74, 6) is 0.149. The summed E-state index contributed by atoms with van der Waals surface area (Å²) in [6.45, 7) is 0.990. The number of rotatable bonds is 9. The van der Waals surface area contributed by atoms with Crippen LogP contribution in [-0.4, -0.2) is 37.3 Å². The largest absolute Gasteiger partial charge is 0.495 e. The zero-order chi connectivity index (χ0) is 19.6. The van der Waals surface area contributed by atoms with Gasteiger partial charge in [-0.15, -0.1) is 23.1 Å². The lowest BCUT2D eigenvalue weighted by Gasteiger charge is -2.12. The third-order valence-electron chi connectivity index (χ3n) is 3.20. The van der Waals surface area contributed by atoms with Gasteiger partial charge in [0.25, 0.3) is 5.91 Å². The van der Waals surface area contributed by atoms with Gasteiger partial charge in [0.05, 0.1) is 18.6 Å². The fourth-order valence-electron chi connectivity index (χ4n) is 2.09. The van der Waals surface area contributed by atoms with Crippen molar-refractivity contribution in [1.82, 2.24) is 0 Å². The van der Waals surface area contributed by atoms with Gasteiger partial charge in [0.1, 0.15) is 5.75 Å². The van der Waals surface area contributed by atoms with Gasteiger partial charge >= 0.3 is 5.97 Å². The zero-order valence-corrected chi connectivity index (χ0v) is 16.6. The normalized spacial score (nSPS) is 10.1. The molecule has 7 nitrogen and oxygen atoms in total. The van der Waals surface area contributed by atoms with Crippen molar-refractivity contribution >= 4 is 52.3 Å². The number of esters is 1. The number of carbonyl (C=O) groups is 3. The van der Waals surface area contributed by atoms with Crippen molar-refractivity contribution in [2.24, 2.45) is 0 Å². The molecule has 2 aromatic rings. The van der Waals surface area contributed by atoms with Crippen molar-refractivity contribution in [3.63, 3.8) is 0 Å². The fraction of sp³-hybridized carbons (Fsp3) is 0.278. The molecule has 0 aliphatic carbocycles. The van der Waals surface area contributed by atoms with E-state index in [-0.39, 0.29) is 11.7 Å². The first-order chi connectivity index (χ1) is 13.0. The summed E-state index contributed by atoms with van der Waals surface area (Å²) in [5.41, 5.74) is 0.887. The monoisotopic (exact) mass is 408 g/mol. The van der Waals surface area contributed by atoms with E-state index in [4.69, 9.17) is 9.47 Å². The number of nitrogens with one attached hydrogen (secondary N) is 2. The predicted octanol–water partition coefficient (Wildman–Crippen LogP) is 3.13. The summed E-state index contributed by atoms with van der Waals surface area (Å²) < 4.78 is 10.2. The van der Waals surface area contributed by atoms with Gasteiger partial charge in [-0.2, -0.15) is 0 Å². The first-order valence-electron chi connectivity index (χ1n) is 7.99. The van der Waals surface area contributed by atoms with E-state index in [1.165, 1.54) is 30.7 Å². The van der Waals surface area contributed by atoms with Crippen LogP contribution in [0, 0.1) is 0 Å². The molecule has 2 rings (SSSR count). The Hall–Kier alpha value is -2.52. The van der Waals surface area contributed by atoms with E-state index in [1.807, 2.05) is 17.5 Å². The lowest BCUT2D eigenvalue weighted by Crippen LogP contribution is -2.22. The molecule has 144 valence electrons. The van der Waals surface area contributed by atoms with Crippen molar-refractivity contribution in [3.8, 4) is 5.75 Å². The standard InChI is InChI=1S/C18H20N2O5S2/c1-12(21)19-13-5-6-16(24-2)15(8-13)20-17(22)9-25-18(23)11-26-10-14-4-3-7-27-14/h3-8H,9-11H2,1-2H3,(H,19,21)(H,20,22). The van der Waals surface area contributed by atoms with E-state index in [9.17, 15) is 14.4 Å². The summed E-state index contributed by atoms with van der Waals surface area (Å²) in [7, 11) is 1.47. The number of hydrogen-bond acceptors (Lipinski definition) is 7. The molecule has 0 aliphatic rings. The average Bonchev–Trinajstić information content (AvgIpc) is 3.13. The van der Waals surface area contributed by atoms with Gasteiger partial charge in [-0.25, -0.2) is 0 Å². The van der Waals surface area contributed by atoms with E-state index in [2.05, 4.69) is 10.6 Å². The molecular formula is C18H20N2O5S2. The van der Waals surface area contributed by atoms with Gasteiger partial charge in [-0.1, -0.05) is 6.07 Å². The predicted molar refractivity (Wildman–Crippen MR) is 107 cm³/mol. The second-order valence-corrected chi connectivity index (χ2v) is 7.40. The molecule has 0 saturated carbocycles. The molecule has 0 bridgehead atoms. The molecule has 0 saturated heterocycles. The highest BCUT2D eigenvalue weighted by Gasteiger charge is 2.12. The molecule has 1 heterocycles. The minimum Gasteiger partial charge on any atom is -0.495 e. The first-order valence-corrected chi connectivity index (χ1v) is 10.0. The molecule has 0 fully saturated rings. The van der Waals surface area contributed by atoms with Crippen LogP contribution in [0.5, 0.6) is 5.75 Å². The highest BCUT2D eigenvalue weighted by molar-refractivity contribution is 7.99. The van der Waals surface area contributed by atoms with E-state index in [0.29, 0.717) is 17.1 Å². The molecule has 0 atom stereocenters. The SMILES string of the molecule is COc1ccc(NC(C)=O)cc1NC(=O)COC(=O)CSCc1cccs1. The number of thiophene rings is 1. The molecule has 0 spiro atoms. The van der Waals surface area contributed by atoms with Crippen LogP contribution < -0.4 is 15.4 Å². The number of carbonyl (C=O) groups excluding carboxylic acids is 3. The van der Waals surface area contributed by atoms with E-state index >= 15 is 0 Å². The number of anilines is 2. The van der Waals surface area contributed by atoms with Crippen LogP contribution in [0.25, 0.3) is 0 Å². The van der Waals surface area contributed by atoms with Crippen molar-refractivity contribution in [1.29, 1.82) is 0 Å². The summed E-state index contributed by atoms with van der Waals surface area (Å²) in [6, 6.07) is 8.79. The van der Waals surface area contributed by atoms with Gasteiger partial charge in [-0.3, -0.25) is 14.4 Å². The third kappa shape index (κ3) is 7.32. The number of methoxy groups -OCH3 is 1. The van der Waals surface area contributed by atoms with Crippen LogP contribution in [-0.2, 0) is 24.9 Å². The Kier molecular flexibility index (Phi) is 8.15. The van der Waals surface area contributed by atoms with Crippen molar-refractivity contribution in [2.75, 3.05) is 30.1 Å². The van der Waals surface area contributed by atoms with Crippen LogP contribution >= 0.6 is 23.1 Å². The molecule has 1 aromatic heterocycles. The topological polar surface area (TPSA) is 93.7 Å². The van der Waals surface area contributed by atoms with E-state index < -0.39 is 18.5 Å². The van der Waals surface area contributed by atoms with Gasteiger partial charge in [0.2, 0.25) is 5.91 Å². The maximum atomic E-state index is 12.0. The van der Waals surface area contributed by atoms with Crippen LogP contribution in [0.4, 0.5) is 11.4 Å². The Bertz CT molecular complexity index is 793. The molecule has 1 aromatic carbocycles. The van der Waals surface area contributed by atoms with Crippen LogP contribution in [0.3, 0.4) is 0 Å². The number of amides is 2. The number of ether oxygens (including phenoxy) is 2. The summed E-state index contributed by atoms with van der Waals surface area (Å²) in [4.78, 5) is 36.1. The Morgan fingerprint density at radius 2 is 2.00 bits per heavy atom. The van der Waals surface area contributed by atoms with Gasteiger partial charge in [0.15, 0.2) is 6.61 Å². The Morgan fingerprint density at radius 3 is 2.67 bits per heavy atom. The highest BCUT2D eigenvalue weighted by atomic mass is 32.2. The lowest BCUT2D eigenvalue weighted by atomic mass is 10.2. The van der Waals surface area contributed by atoms with E-state index in [1.54, 1.807) is 29.5 Å².